The number of anilines is 1. The average molecular weight is 241 g/mol. The van der Waals surface area contributed by atoms with Crippen LogP contribution in [-0.2, 0) is 0 Å². The van der Waals surface area contributed by atoms with Crippen molar-refractivity contribution >= 4 is 5.69 Å². The quantitative estimate of drug-likeness (QED) is 0.836. The van der Waals surface area contributed by atoms with Gasteiger partial charge in [0.25, 0.3) is 0 Å². The largest absolute Gasteiger partial charge is 0.381 e. The molecule has 94 valence electrons. The summed E-state index contributed by atoms with van der Waals surface area (Å²) in [6.45, 7) is 1.09. The Bertz CT molecular complexity index is 471. The minimum atomic E-state index is 0.400. The standard InChI is InChI=1S/C15H19N3/c16-11-12-4-1-2-5-14(12)18-13-6-9-17-15(10-13)7-3-8-15/h1-2,4-5,13,17-18H,3,6-10H2. The molecular weight excluding hydrogens is 222 g/mol. The molecule has 3 rings (SSSR count). The molecule has 2 N–H and O–H groups in total. The first kappa shape index (κ1) is 11.6. The molecule has 18 heavy (non-hydrogen) atoms. The first-order valence-corrected chi connectivity index (χ1v) is 6.82. The van der Waals surface area contributed by atoms with Crippen LogP contribution in [0.5, 0.6) is 0 Å². The van der Waals surface area contributed by atoms with E-state index in [1.807, 2.05) is 24.3 Å². The molecular formula is C15H19N3. The van der Waals surface area contributed by atoms with Gasteiger partial charge in [0.2, 0.25) is 0 Å². The van der Waals surface area contributed by atoms with Crippen molar-refractivity contribution in [2.24, 2.45) is 0 Å². The lowest BCUT2D eigenvalue weighted by molar-refractivity contribution is 0.135. The maximum absolute atomic E-state index is 9.11. The van der Waals surface area contributed by atoms with Gasteiger partial charge >= 0.3 is 0 Å². The number of hydrogen-bond donors (Lipinski definition) is 2. The Kier molecular flexibility index (Phi) is 2.97. The van der Waals surface area contributed by atoms with Crippen molar-refractivity contribution in [1.29, 1.82) is 5.26 Å². The minimum absolute atomic E-state index is 0.400. The molecule has 0 bridgehead atoms. The van der Waals surface area contributed by atoms with E-state index < -0.39 is 0 Å². The third kappa shape index (κ3) is 2.09. The second-order valence-corrected chi connectivity index (χ2v) is 5.55. The van der Waals surface area contributed by atoms with E-state index in [1.165, 1.54) is 25.7 Å². The summed E-state index contributed by atoms with van der Waals surface area (Å²) in [6, 6.07) is 10.5. The van der Waals surface area contributed by atoms with Gasteiger partial charge < -0.3 is 10.6 Å². The van der Waals surface area contributed by atoms with E-state index in [9.17, 15) is 0 Å². The summed E-state index contributed by atoms with van der Waals surface area (Å²) < 4.78 is 0. The molecule has 3 heteroatoms. The fraction of sp³-hybridized carbons (Fsp3) is 0.533. The molecule has 0 aromatic heterocycles. The zero-order chi connectivity index (χ0) is 12.4. The van der Waals surface area contributed by atoms with Gasteiger partial charge in [0, 0.05) is 11.6 Å². The first-order chi connectivity index (χ1) is 8.81. The molecule has 1 atom stereocenters. The Morgan fingerprint density at radius 1 is 1.33 bits per heavy atom. The summed E-state index contributed by atoms with van der Waals surface area (Å²) in [5.74, 6) is 0. The van der Waals surface area contributed by atoms with Crippen LogP contribution < -0.4 is 10.6 Å². The Morgan fingerprint density at radius 2 is 2.17 bits per heavy atom. The van der Waals surface area contributed by atoms with Crippen molar-refractivity contribution in [1.82, 2.24) is 5.32 Å². The van der Waals surface area contributed by atoms with E-state index in [4.69, 9.17) is 5.26 Å². The summed E-state index contributed by atoms with van der Waals surface area (Å²) in [4.78, 5) is 0. The van der Waals surface area contributed by atoms with Crippen LogP contribution in [-0.4, -0.2) is 18.1 Å². The maximum atomic E-state index is 9.11. The third-order valence-corrected chi connectivity index (χ3v) is 4.35. The van der Waals surface area contributed by atoms with Crippen molar-refractivity contribution in [2.45, 2.75) is 43.7 Å². The average Bonchev–Trinajstić information content (AvgIpc) is 2.38. The molecule has 1 aliphatic carbocycles. The molecule has 3 nitrogen and oxygen atoms in total. The summed E-state index contributed by atoms with van der Waals surface area (Å²) in [5.41, 5.74) is 2.14. The topological polar surface area (TPSA) is 47.9 Å². The molecule has 1 aliphatic heterocycles. The predicted molar refractivity (Wildman–Crippen MR) is 72.4 cm³/mol. The normalized spacial score (nSPS) is 25.2. The fourth-order valence-corrected chi connectivity index (χ4v) is 3.19. The Hall–Kier alpha value is -1.53. The van der Waals surface area contributed by atoms with Crippen molar-refractivity contribution < 1.29 is 0 Å². The lowest BCUT2D eigenvalue weighted by Gasteiger charge is -2.48. The van der Waals surface area contributed by atoms with Crippen LogP contribution in [0.4, 0.5) is 5.69 Å². The minimum Gasteiger partial charge on any atom is -0.381 e. The van der Waals surface area contributed by atoms with Crippen molar-refractivity contribution in [3.8, 4) is 6.07 Å². The molecule has 1 aromatic carbocycles. The predicted octanol–water partition coefficient (Wildman–Crippen LogP) is 2.64. The van der Waals surface area contributed by atoms with E-state index in [2.05, 4.69) is 16.7 Å². The zero-order valence-corrected chi connectivity index (χ0v) is 10.6. The van der Waals surface area contributed by atoms with Gasteiger partial charge in [-0.05, 0) is 50.8 Å². The van der Waals surface area contributed by atoms with Crippen LogP contribution in [0.1, 0.15) is 37.7 Å². The Balaban J connectivity index is 1.70. The molecule has 1 spiro atoms. The highest BCUT2D eigenvalue weighted by atomic mass is 15.0. The molecule has 1 unspecified atom stereocenters. The van der Waals surface area contributed by atoms with Gasteiger partial charge in [0.05, 0.1) is 11.3 Å². The molecule has 2 aliphatic rings. The number of para-hydroxylation sites is 1. The summed E-state index contributed by atoms with van der Waals surface area (Å²) in [6.07, 6.45) is 6.30. The Labute approximate surface area is 108 Å². The van der Waals surface area contributed by atoms with Crippen LogP contribution >= 0.6 is 0 Å². The number of nitriles is 1. The summed E-state index contributed by atoms with van der Waals surface area (Å²) >= 11 is 0. The lowest BCUT2D eigenvalue weighted by atomic mass is 9.70. The lowest BCUT2D eigenvalue weighted by Crippen LogP contribution is -2.58. The second-order valence-electron chi connectivity index (χ2n) is 5.55. The van der Waals surface area contributed by atoms with Gasteiger partial charge in [-0.2, -0.15) is 5.26 Å². The third-order valence-electron chi connectivity index (χ3n) is 4.35. The fourth-order valence-electron chi connectivity index (χ4n) is 3.19. The van der Waals surface area contributed by atoms with Gasteiger partial charge in [0.15, 0.2) is 0 Å². The van der Waals surface area contributed by atoms with Crippen LogP contribution in [0.3, 0.4) is 0 Å². The van der Waals surface area contributed by atoms with Gasteiger partial charge in [-0.3, -0.25) is 0 Å². The van der Waals surface area contributed by atoms with Crippen molar-refractivity contribution in [3.05, 3.63) is 29.8 Å². The van der Waals surface area contributed by atoms with Crippen molar-refractivity contribution in [2.75, 3.05) is 11.9 Å². The Morgan fingerprint density at radius 3 is 2.89 bits per heavy atom. The monoisotopic (exact) mass is 241 g/mol. The SMILES string of the molecule is N#Cc1ccccc1NC1CCNC2(CCC2)C1. The van der Waals surface area contributed by atoms with Crippen molar-refractivity contribution in [3.63, 3.8) is 0 Å². The highest BCUT2D eigenvalue weighted by Gasteiger charge is 2.40. The molecule has 1 saturated carbocycles. The van der Waals surface area contributed by atoms with Crippen LogP contribution in [0.15, 0.2) is 24.3 Å². The van der Waals surface area contributed by atoms with E-state index in [0.717, 1.165) is 24.2 Å². The van der Waals surface area contributed by atoms with Gasteiger partial charge in [-0.25, -0.2) is 0 Å². The van der Waals surface area contributed by atoms with Crippen LogP contribution in [0.2, 0.25) is 0 Å². The highest BCUT2D eigenvalue weighted by Crippen LogP contribution is 2.39. The number of rotatable bonds is 2. The summed E-state index contributed by atoms with van der Waals surface area (Å²) in [7, 11) is 0. The number of nitrogens with zero attached hydrogens (tertiary/aromatic N) is 1. The van der Waals surface area contributed by atoms with E-state index >= 15 is 0 Å². The van der Waals surface area contributed by atoms with Crippen LogP contribution in [0, 0.1) is 11.3 Å². The van der Waals surface area contributed by atoms with E-state index in [0.29, 0.717) is 11.6 Å². The highest BCUT2D eigenvalue weighted by molar-refractivity contribution is 5.57. The molecule has 1 aromatic rings. The maximum Gasteiger partial charge on any atom is 0.101 e. The summed E-state index contributed by atoms with van der Waals surface area (Å²) in [5, 5.41) is 16.3. The smallest absolute Gasteiger partial charge is 0.101 e. The molecule has 0 amide bonds. The number of hydrogen-bond acceptors (Lipinski definition) is 3. The van der Waals surface area contributed by atoms with E-state index in [-0.39, 0.29) is 0 Å². The van der Waals surface area contributed by atoms with Gasteiger partial charge in [-0.15, -0.1) is 0 Å². The molecule has 1 heterocycles. The molecule has 1 saturated heterocycles. The number of piperidine rings is 1. The first-order valence-electron chi connectivity index (χ1n) is 6.82. The second kappa shape index (κ2) is 4.62. The van der Waals surface area contributed by atoms with E-state index in [1.54, 1.807) is 0 Å². The molecule has 2 fully saturated rings. The molecule has 0 radical (unpaired) electrons. The van der Waals surface area contributed by atoms with Gasteiger partial charge in [-0.1, -0.05) is 12.1 Å². The van der Waals surface area contributed by atoms with Crippen LogP contribution in [0.25, 0.3) is 0 Å². The number of benzene rings is 1. The number of nitrogens with one attached hydrogen (secondary N) is 2. The van der Waals surface area contributed by atoms with Gasteiger partial charge in [0.1, 0.15) is 6.07 Å². The zero-order valence-electron chi connectivity index (χ0n) is 10.6.